The maximum Gasteiger partial charge on any atom is 0.0541 e. The maximum absolute atomic E-state index is 4.35. The molecule has 2 aromatic heterocycles. The van der Waals surface area contributed by atoms with Crippen LogP contribution < -0.4 is 10.6 Å². The van der Waals surface area contributed by atoms with E-state index in [2.05, 4.69) is 45.7 Å². The fourth-order valence-corrected chi connectivity index (χ4v) is 2.96. The van der Waals surface area contributed by atoms with Crippen LogP contribution in [0.15, 0.2) is 67.0 Å². The standard InChI is InChI=1S/C22H26N4/c1-2-19-13-18(14-23-16-21-7-3-5-11-25-21)9-10-20(19)15-24-17-22-8-4-6-12-26-22/h3-13,23-24H,2,14-17H2,1H3. The molecule has 26 heavy (non-hydrogen) atoms. The number of benzene rings is 1. The van der Waals surface area contributed by atoms with Crippen LogP contribution in [0.2, 0.25) is 0 Å². The maximum atomic E-state index is 4.35. The third-order valence-corrected chi connectivity index (χ3v) is 4.36. The fraction of sp³-hybridized carbons (Fsp3) is 0.273. The molecule has 0 aliphatic carbocycles. The van der Waals surface area contributed by atoms with E-state index in [9.17, 15) is 0 Å². The van der Waals surface area contributed by atoms with Gasteiger partial charge in [-0.1, -0.05) is 37.3 Å². The van der Waals surface area contributed by atoms with Gasteiger partial charge in [-0.15, -0.1) is 0 Å². The predicted molar refractivity (Wildman–Crippen MR) is 105 cm³/mol. The molecule has 3 aromatic rings. The molecule has 134 valence electrons. The minimum absolute atomic E-state index is 0.787. The molecular weight excluding hydrogens is 320 g/mol. The zero-order valence-electron chi connectivity index (χ0n) is 15.3. The van der Waals surface area contributed by atoms with Crippen LogP contribution in [-0.2, 0) is 32.6 Å². The number of rotatable bonds is 9. The van der Waals surface area contributed by atoms with E-state index in [-0.39, 0.29) is 0 Å². The molecule has 0 aliphatic rings. The second-order valence-corrected chi connectivity index (χ2v) is 6.31. The van der Waals surface area contributed by atoms with Gasteiger partial charge in [-0.05, 0) is 47.4 Å². The van der Waals surface area contributed by atoms with Gasteiger partial charge in [0.1, 0.15) is 0 Å². The first-order valence-corrected chi connectivity index (χ1v) is 9.17. The molecule has 4 heteroatoms. The van der Waals surface area contributed by atoms with E-state index in [1.165, 1.54) is 16.7 Å². The lowest BCUT2D eigenvalue weighted by molar-refractivity contribution is 0.668. The van der Waals surface area contributed by atoms with E-state index in [1.54, 1.807) is 0 Å². The highest BCUT2D eigenvalue weighted by atomic mass is 14.9. The molecule has 0 spiro atoms. The Balaban J connectivity index is 1.51. The number of hydrogen-bond acceptors (Lipinski definition) is 4. The average Bonchev–Trinajstić information content (AvgIpc) is 2.70. The highest BCUT2D eigenvalue weighted by Crippen LogP contribution is 2.13. The first-order valence-electron chi connectivity index (χ1n) is 9.17. The zero-order chi connectivity index (χ0) is 18.0. The van der Waals surface area contributed by atoms with E-state index in [0.29, 0.717) is 0 Å². The molecule has 0 saturated carbocycles. The van der Waals surface area contributed by atoms with E-state index in [1.807, 2.05) is 48.8 Å². The number of nitrogens with one attached hydrogen (secondary N) is 2. The van der Waals surface area contributed by atoms with Crippen LogP contribution in [-0.4, -0.2) is 9.97 Å². The van der Waals surface area contributed by atoms with Gasteiger partial charge in [-0.2, -0.15) is 0 Å². The van der Waals surface area contributed by atoms with Crippen LogP contribution in [0.3, 0.4) is 0 Å². The van der Waals surface area contributed by atoms with Crippen LogP contribution in [0.4, 0.5) is 0 Å². The Hall–Kier alpha value is -2.56. The van der Waals surface area contributed by atoms with E-state index >= 15 is 0 Å². The lowest BCUT2D eigenvalue weighted by Gasteiger charge is -2.12. The second kappa shape index (κ2) is 9.80. The Morgan fingerprint density at radius 1 is 0.692 bits per heavy atom. The third kappa shape index (κ3) is 5.48. The molecule has 2 N–H and O–H groups in total. The summed E-state index contributed by atoms with van der Waals surface area (Å²) in [6.07, 6.45) is 4.70. The Labute approximate surface area is 155 Å². The van der Waals surface area contributed by atoms with Crippen molar-refractivity contribution < 1.29 is 0 Å². The smallest absolute Gasteiger partial charge is 0.0541 e. The van der Waals surface area contributed by atoms with Crippen molar-refractivity contribution in [2.45, 2.75) is 39.5 Å². The zero-order valence-corrected chi connectivity index (χ0v) is 15.3. The normalized spacial score (nSPS) is 10.8. The molecule has 0 bridgehead atoms. The van der Waals surface area contributed by atoms with Gasteiger partial charge >= 0.3 is 0 Å². The molecule has 4 nitrogen and oxygen atoms in total. The number of aromatic nitrogens is 2. The highest BCUT2D eigenvalue weighted by Gasteiger charge is 2.04. The molecule has 0 amide bonds. The van der Waals surface area contributed by atoms with Crippen molar-refractivity contribution in [2.24, 2.45) is 0 Å². The van der Waals surface area contributed by atoms with E-state index in [4.69, 9.17) is 0 Å². The predicted octanol–water partition coefficient (Wildman–Crippen LogP) is 3.62. The molecule has 0 radical (unpaired) electrons. The molecule has 1 aromatic carbocycles. The summed E-state index contributed by atoms with van der Waals surface area (Å²) in [6.45, 7) is 5.50. The summed E-state index contributed by atoms with van der Waals surface area (Å²) < 4.78 is 0. The van der Waals surface area contributed by atoms with Crippen LogP contribution in [0.5, 0.6) is 0 Å². The van der Waals surface area contributed by atoms with Crippen LogP contribution in [0.25, 0.3) is 0 Å². The summed E-state index contributed by atoms with van der Waals surface area (Å²) in [4.78, 5) is 8.69. The number of aryl methyl sites for hydroxylation is 1. The lowest BCUT2D eigenvalue weighted by Crippen LogP contribution is -2.16. The summed E-state index contributed by atoms with van der Waals surface area (Å²) >= 11 is 0. The average molecular weight is 346 g/mol. The van der Waals surface area contributed by atoms with Gasteiger partial charge in [0.05, 0.1) is 11.4 Å². The van der Waals surface area contributed by atoms with Crippen molar-refractivity contribution in [2.75, 3.05) is 0 Å². The largest absolute Gasteiger partial charge is 0.307 e. The Bertz CT molecular complexity index is 788. The fourth-order valence-electron chi connectivity index (χ4n) is 2.96. The van der Waals surface area contributed by atoms with Crippen molar-refractivity contribution in [1.29, 1.82) is 0 Å². The number of nitrogens with zero attached hydrogens (tertiary/aromatic N) is 2. The van der Waals surface area contributed by atoms with Crippen LogP contribution >= 0.6 is 0 Å². The molecule has 0 unspecified atom stereocenters. The molecule has 0 atom stereocenters. The van der Waals surface area contributed by atoms with Gasteiger partial charge in [-0.3, -0.25) is 9.97 Å². The summed E-state index contributed by atoms with van der Waals surface area (Å²) in [5, 5.41) is 6.96. The summed E-state index contributed by atoms with van der Waals surface area (Å²) in [7, 11) is 0. The molecule has 0 saturated heterocycles. The van der Waals surface area contributed by atoms with Crippen molar-refractivity contribution in [3.05, 3.63) is 95.1 Å². The van der Waals surface area contributed by atoms with Gasteiger partial charge in [0.15, 0.2) is 0 Å². The van der Waals surface area contributed by atoms with Crippen molar-refractivity contribution in [3.63, 3.8) is 0 Å². The summed E-state index contributed by atoms with van der Waals surface area (Å²) in [5.41, 5.74) is 6.21. The molecule has 0 aliphatic heterocycles. The lowest BCUT2D eigenvalue weighted by atomic mass is 10.0. The second-order valence-electron chi connectivity index (χ2n) is 6.31. The molecular formula is C22H26N4. The molecule has 2 heterocycles. The van der Waals surface area contributed by atoms with Crippen LogP contribution in [0, 0.1) is 0 Å². The van der Waals surface area contributed by atoms with Gasteiger partial charge < -0.3 is 10.6 Å². The quantitative estimate of drug-likeness (QED) is 0.621. The minimum Gasteiger partial charge on any atom is -0.307 e. The summed E-state index contributed by atoms with van der Waals surface area (Å²) in [6, 6.07) is 18.8. The number of hydrogen-bond donors (Lipinski definition) is 2. The monoisotopic (exact) mass is 346 g/mol. The highest BCUT2D eigenvalue weighted by molar-refractivity contribution is 5.32. The Morgan fingerprint density at radius 2 is 1.35 bits per heavy atom. The van der Waals surface area contributed by atoms with Gasteiger partial charge in [0.25, 0.3) is 0 Å². The van der Waals surface area contributed by atoms with Crippen molar-refractivity contribution in [3.8, 4) is 0 Å². The third-order valence-electron chi connectivity index (χ3n) is 4.36. The van der Waals surface area contributed by atoms with Gasteiger partial charge in [0, 0.05) is 38.6 Å². The minimum atomic E-state index is 0.787. The summed E-state index contributed by atoms with van der Waals surface area (Å²) in [5.74, 6) is 0. The Kier molecular flexibility index (Phi) is 6.88. The van der Waals surface area contributed by atoms with Crippen molar-refractivity contribution in [1.82, 2.24) is 20.6 Å². The molecule has 0 fully saturated rings. The number of pyridine rings is 2. The van der Waals surface area contributed by atoms with Crippen molar-refractivity contribution >= 4 is 0 Å². The topological polar surface area (TPSA) is 49.8 Å². The molecule has 3 rings (SSSR count). The Morgan fingerprint density at radius 3 is 1.92 bits per heavy atom. The van der Waals surface area contributed by atoms with E-state index in [0.717, 1.165) is 44.0 Å². The SMILES string of the molecule is CCc1cc(CNCc2ccccn2)ccc1CNCc1ccccn1. The van der Waals surface area contributed by atoms with Gasteiger partial charge in [-0.25, -0.2) is 0 Å². The first-order chi connectivity index (χ1) is 12.8. The van der Waals surface area contributed by atoms with Gasteiger partial charge in [0.2, 0.25) is 0 Å². The first kappa shape index (κ1) is 18.2. The van der Waals surface area contributed by atoms with Crippen LogP contribution in [0.1, 0.15) is 35.0 Å². The van der Waals surface area contributed by atoms with E-state index < -0.39 is 0 Å².